The average Bonchev–Trinajstić information content (AvgIpc) is 2.92. The Morgan fingerprint density at radius 2 is 1.96 bits per heavy atom. The molecule has 2 aromatic carbocycles. The number of amides is 4. The molecule has 0 bridgehead atoms. The first-order valence-corrected chi connectivity index (χ1v) is 8.97. The summed E-state index contributed by atoms with van der Waals surface area (Å²) in [5.41, 5.74) is 1.17. The maximum Gasteiger partial charge on any atom is 0.329 e. The zero-order valence-electron chi connectivity index (χ0n) is 15.1. The van der Waals surface area contributed by atoms with Crippen molar-refractivity contribution in [1.29, 1.82) is 0 Å². The minimum Gasteiger partial charge on any atom is -0.493 e. The van der Waals surface area contributed by atoms with E-state index >= 15 is 0 Å². The summed E-state index contributed by atoms with van der Waals surface area (Å²) in [5.74, 6) is -0.550. The number of imide groups is 1. The highest BCUT2D eigenvalue weighted by molar-refractivity contribution is 6.30. The van der Waals surface area contributed by atoms with Crippen molar-refractivity contribution < 1.29 is 19.1 Å². The Kier molecular flexibility index (Phi) is 5.96. The molecule has 0 aromatic heterocycles. The molecule has 4 amide bonds. The van der Waals surface area contributed by atoms with Gasteiger partial charge in [-0.15, -0.1) is 0 Å². The van der Waals surface area contributed by atoms with Gasteiger partial charge < -0.3 is 15.4 Å². The zero-order chi connectivity index (χ0) is 20.1. The van der Waals surface area contributed by atoms with Gasteiger partial charge in [-0.25, -0.2) is 9.69 Å². The molecule has 2 N–H and O–H groups in total. The van der Waals surface area contributed by atoms with Crippen LogP contribution in [0.5, 0.6) is 5.75 Å². The van der Waals surface area contributed by atoms with Crippen molar-refractivity contribution in [3.63, 3.8) is 0 Å². The molecule has 2 aromatic rings. The summed E-state index contributed by atoms with van der Waals surface area (Å²) in [6, 6.07) is 13.1. The minimum absolute atomic E-state index is 0.0423. The van der Waals surface area contributed by atoms with E-state index < -0.39 is 24.4 Å². The summed E-state index contributed by atoms with van der Waals surface area (Å²) in [4.78, 5) is 37.8. The zero-order valence-corrected chi connectivity index (χ0v) is 15.8. The van der Waals surface area contributed by atoms with E-state index in [0.717, 1.165) is 4.90 Å². The maximum absolute atomic E-state index is 12.6. The van der Waals surface area contributed by atoms with Crippen LogP contribution in [-0.2, 0) is 9.59 Å². The molecule has 1 aliphatic rings. The van der Waals surface area contributed by atoms with E-state index in [-0.39, 0.29) is 5.70 Å². The Bertz CT molecular complexity index is 944. The van der Waals surface area contributed by atoms with Crippen molar-refractivity contribution in [2.24, 2.45) is 0 Å². The van der Waals surface area contributed by atoms with Crippen LogP contribution in [0.3, 0.4) is 0 Å². The molecule has 144 valence electrons. The number of carbonyl (C=O) groups is 3. The van der Waals surface area contributed by atoms with Crippen LogP contribution in [0.1, 0.15) is 12.5 Å². The van der Waals surface area contributed by atoms with Gasteiger partial charge in [0.05, 0.1) is 6.61 Å². The van der Waals surface area contributed by atoms with Gasteiger partial charge in [0, 0.05) is 16.3 Å². The van der Waals surface area contributed by atoms with Crippen molar-refractivity contribution in [1.82, 2.24) is 10.2 Å². The lowest BCUT2D eigenvalue weighted by Crippen LogP contribution is -2.38. The standard InChI is InChI=1S/C20H18ClN3O4/c1-2-28-17-9-8-14(21)10-13(17)11-16-19(26)24(20(27)23-16)12-18(25)22-15-6-4-3-5-7-15/h3-11H,2,12H2,1H3,(H,22,25)(H,23,27). The van der Waals surface area contributed by atoms with Crippen molar-refractivity contribution in [2.75, 3.05) is 18.5 Å². The molecule has 0 unspecified atom stereocenters. The van der Waals surface area contributed by atoms with Gasteiger partial charge in [0.1, 0.15) is 18.0 Å². The molecule has 0 atom stereocenters. The van der Waals surface area contributed by atoms with Crippen LogP contribution < -0.4 is 15.4 Å². The van der Waals surface area contributed by atoms with Crippen LogP contribution in [0, 0.1) is 0 Å². The number of benzene rings is 2. The van der Waals surface area contributed by atoms with Crippen LogP contribution in [0.15, 0.2) is 54.2 Å². The number of carbonyl (C=O) groups excluding carboxylic acids is 3. The van der Waals surface area contributed by atoms with Crippen LogP contribution in [0.2, 0.25) is 5.02 Å². The molecule has 7 nitrogen and oxygen atoms in total. The molecule has 1 heterocycles. The molecule has 3 rings (SSSR count). The summed E-state index contributed by atoms with van der Waals surface area (Å²) in [6.07, 6.45) is 1.48. The van der Waals surface area contributed by atoms with Gasteiger partial charge in [0.15, 0.2) is 0 Å². The molecule has 0 saturated carbocycles. The SMILES string of the molecule is CCOc1ccc(Cl)cc1C=C1NC(=O)N(CC(=O)Nc2ccccc2)C1=O. The van der Waals surface area contributed by atoms with E-state index in [1.807, 2.05) is 13.0 Å². The predicted molar refractivity (Wildman–Crippen MR) is 106 cm³/mol. The van der Waals surface area contributed by atoms with E-state index in [4.69, 9.17) is 16.3 Å². The van der Waals surface area contributed by atoms with E-state index in [1.54, 1.807) is 42.5 Å². The second kappa shape index (κ2) is 8.58. The predicted octanol–water partition coefficient (Wildman–Crippen LogP) is 3.27. The fourth-order valence-electron chi connectivity index (χ4n) is 2.66. The normalized spacial score (nSPS) is 14.9. The second-order valence-electron chi connectivity index (χ2n) is 5.91. The van der Waals surface area contributed by atoms with Crippen molar-refractivity contribution in [2.45, 2.75) is 6.92 Å². The topological polar surface area (TPSA) is 87.7 Å². The number of nitrogens with one attached hydrogen (secondary N) is 2. The Balaban J connectivity index is 1.75. The van der Waals surface area contributed by atoms with Crippen LogP contribution >= 0.6 is 11.6 Å². The molecule has 1 saturated heterocycles. The fraction of sp³-hybridized carbons (Fsp3) is 0.150. The largest absolute Gasteiger partial charge is 0.493 e. The first-order valence-electron chi connectivity index (χ1n) is 8.59. The average molecular weight is 400 g/mol. The molecular formula is C20H18ClN3O4. The Morgan fingerprint density at radius 3 is 2.68 bits per heavy atom. The molecule has 28 heavy (non-hydrogen) atoms. The highest BCUT2D eigenvalue weighted by Crippen LogP contribution is 2.26. The monoisotopic (exact) mass is 399 g/mol. The number of hydrogen-bond acceptors (Lipinski definition) is 4. The molecule has 0 aliphatic carbocycles. The van der Waals surface area contributed by atoms with Crippen LogP contribution in [0.4, 0.5) is 10.5 Å². The van der Waals surface area contributed by atoms with Crippen molar-refractivity contribution in [3.8, 4) is 5.75 Å². The molecule has 0 spiro atoms. The summed E-state index contributed by atoms with van der Waals surface area (Å²) >= 11 is 6.02. The number of anilines is 1. The number of rotatable bonds is 6. The third kappa shape index (κ3) is 4.50. The van der Waals surface area contributed by atoms with Gasteiger partial charge in [0.25, 0.3) is 5.91 Å². The molecular weight excluding hydrogens is 382 g/mol. The highest BCUT2D eigenvalue weighted by atomic mass is 35.5. The first-order chi connectivity index (χ1) is 13.5. The molecule has 8 heteroatoms. The van der Waals surface area contributed by atoms with Crippen LogP contribution in [0.25, 0.3) is 6.08 Å². The highest BCUT2D eigenvalue weighted by Gasteiger charge is 2.35. The number of hydrogen-bond donors (Lipinski definition) is 2. The van der Waals surface area contributed by atoms with Gasteiger partial charge in [-0.05, 0) is 43.3 Å². The molecule has 1 fully saturated rings. The minimum atomic E-state index is -0.667. The smallest absolute Gasteiger partial charge is 0.329 e. The summed E-state index contributed by atoms with van der Waals surface area (Å²) in [5, 5.41) is 5.58. The van der Waals surface area contributed by atoms with Gasteiger partial charge in [-0.3, -0.25) is 9.59 Å². The molecule has 0 radical (unpaired) electrons. The third-order valence-corrected chi connectivity index (χ3v) is 4.13. The Hall–Kier alpha value is -3.32. The Morgan fingerprint density at radius 1 is 1.21 bits per heavy atom. The fourth-order valence-corrected chi connectivity index (χ4v) is 2.84. The lowest BCUT2D eigenvalue weighted by atomic mass is 10.1. The second-order valence-corrected chi connectivity index (χ2v) is 6.35. The maximum atomic E-state index is 12.6. The molecule has 1 aliphatic heterocycles. The van der Waals surface area contributed by atoms with E-state index in [0.29, 0.717) is 28.6 Å². The number of ether oxygens (including phenoxy) is 1. The van der Waals surface area contributed by atoms with E-state index in [1.165, 1.54) is 6.08 Å². The lowest BCUT2D eigenvalue weighted by molar-refractivity contribution is -0.127. The Labute approximate surface area is 166 Å². The third-order valence-electron chi connectivity index (χ3n) is 3.89. The lowest BCUT2D eigenvalue weighted by Gasteiger charge is -2.12. The van der Waals surface area contributed by atoms with E-state index in [2.05, 4.69) is 10.6 Å². The van der Waals surface area contributed by atoms with Gasteiger partial charge in [0.2, 0.25) is 5.91 Å². The summed E-state index contributed by atoms with van der Waals surface area (Å²) in [6.45, 7) is 1.87. The van der Waals surface area contributed by atoms with E-state index in [9.17, 15) is 14.4 Å². The summed E-state index contributed by atoms with van der Waals surface area (Å²) in [7, 11) is 0. The number of para-hydroxylation sites is 1. The first kappa shape index (κ1) is 19.4. The van der Waals surface area contributed by atoms with Gasteiger partial charge in [-0.1, -0.05) is 29.8 Å². The number of urea groups is 1. The van der Waals surface area contributed by atoms with Crippen molar-refractivity contribution in [3.05, 3.63) is 64.8 Å². The summed E-state index contributed by atoms with van der Waals surface area (Å²) < 4.78 is 5.52. The number of halogens is 1. The van der Waals surface area contributed by atoms with Gasteiger partial charge in [-0.2, -0.15) is 0 Å². The van der Waals surface area contributed by atoms with Crippen LogP contribution in [-0.4, -0.2) is 35.9 Å². The number of nitrogens with zero attached hydrogens (tertiary/aromatic N) is 1. The van der Waals surface area contributed by atoms with Gasteiger partial charge >= 0.3 is 6.03 Å². The quantitative estimate of drug-likeness (QED) is 0.576. The van der Waals surface area contributed by atoms with Crippen molar-refractivity contribution >= 4 is 41.2 Å².